The van der Waals surface area contributed by atoms with Gasteiger partial charge in [-0.1, -0.05) is 6.08 Å². The molecule has 4 aromatic rings. The SMILES string of the molecule is C=CCn1c(=O)c2cnc(Nc3ccc(N4CCN(C)CC4)cc3)nc2n1-c1ccc(=O)n(C(C)(C)C)n1. The van der Waals surface area contributed by atoms with Crippen molar-refractivity contribution in [3.8, 4) is 5.82 Å². The van der Waals surface area contributed by atoms with Crippen LogP contribution >= 0.6 is 0 Å². The third-order valence-electron chi connectivity index (χ3n) is 6.61. The third-order valence-corrected chi connectivity index (χ3v) is 6.61. The molecule has 0 spiro atoms. The van der Waals surface area contributed by atoms with E-state index in [1.807, 2.05) is 32.9 Å². The molecule has 11 heteroatoms. The zero-order chi connectivity index (χ0) is 27.0. The number of nitrogens with zero attached hydrogens (tertiary/aromatic N) is 8. The van der Waals surface area contributed by atoms with Crippen molar-refractivity contribution in [2.45, 2.75) is 32.9 Å². The molecule has 4 heterocycles. The number of anilines is 3. The summed E-state index contributed by atoms with van der Waals surface area (Å²) in [6.45, 7) is 13.8. The standard InChI is InChI=1S/C27H33N9O2/c1-6-13-34-25(38)21-18-28-26(29-19-7-9-20(10-8-19)33-16-14-32(5)15-17-33)30-24(21)35(34)22-11-12-23(37)36(31-22)27(2,3)4/h6-12,18H,1,13-17H2,2-5H3,(H,28,29,30). The average molecular weight is 516 g/mol. The van der Waals surface area contributed by atoms with Crippen molar-refractivity contribution >= 4 is 28.4 Å². The Bertz CT molecular complexity index is 1580. The Kier molecular flexibility index (Phi) is 6.62. The maximum Gasteiger partial charge on any atom is 0.278 e. The Morgan fingerprint density at radius 1 is 1.03 bits per heavy atom. The van der Waals surface area contributed by atoms with Gasteiger partial charge in [-0.15, -0.1) is 11.7 Å². The fourth-order valence-corrected chi connectivity index (χ4v) is 4.55. The van der Waals surface area contributed by atoms with Crippen LogP contribution in [0.5, 0.6) is 0 Å². The molecular formula is C27H33N9O2. The van der Waals surface area contributed by atoms with Gasteiger partial charge < -0.3 is 15.1 Å². The van der Waals surface area contributed by atoms with Crippen molar-refractivity contribution < 1.29 is 0 Å². The lowest BCUT2D eigenvalue weighted by atomic mass is 10.1. The van der Waals surface area contributed by atoms with Gasteiger partial charge in [-0.05, 0) is 58.2 Å². The fraction of sp³-hybridized carbons (Fsp3) is 0.370. The molecule has 0 atom stereocenters. The molecule has 0 amide bonds. The van der Waals surface area contributed by atoms with E-state index < -0.39 is 5.54 Å². The summed E-state index contributed by atoms with van der Waals surface area (Å²) in [5, 5.41) is 8.17. The van der Waals surface area contributed by atoms with E-state index in [2.05, 4.69) is 55.9 Å². The number of aromatic nitrogens is 6. The average Bonchev–Trinajstić information content (AvgIpc) is 3.16. The van der Waals surface area contributed by atoms with Gasteiger partial charge in [0.25, 0.3) is 11.1 Å². The number of hydrogen-bond donors (Lipinski definition) is 1. The van der Waals surface area contributed by atoms with Crippen LogP contribution in [0.4, 0.5) is 17.3 Å². The predicted molar refractivity (Wildman–Crippen MR) is 150 cm³/mol. The molecule has 38 heavy (non-hydrogen) atoms. The van der Waals surface area contributed by atoms with Crippen LogP contribution in [0.25, 0.3) is 16.9 Å². The highest BCUT2D eigenvalue weighted by molar-refractivity contribution is 5.77. The van der Waals surface area contributed by atoms with E-state index in [9.17, 15) is 9.59 Å². The maximum atomic E-state index is 13.2. The molecule has 0 aliphatic carbocycles. The molecule has 5 rings (SSSR count). The first-order valence-electron chi connectivity index (χ1n) is 12.7. The van der Waals surface area contributed by atoms with Crippen molar-refractivity contribution in [3.05, 3.63) is 76.0 Å². The summed E-state index contributed by atoms with van der Waals surface area (Å²) in [4.78, 5) is 39.5. The van der Waals surface area contributed by atoms with E-state index in [-0.39, 0.29) is 17.7 Å². The second kappa shape index (κ2) is 9.90. The van der Waals surface area contributed by atoms with E-state index in [4.69, 9.17) is 0 Å². The van der Waals surface area contributed by atoms with Crippen LogP contribution in [-0.4, -0.2) is 67.2 Å². The van der Waals surface area contributed by atoms with E-state index in [1.165, 1.54) is 27.3 Å². The quantitative estimate of drug-likeness (QED) is 0.391. The van der Waals surface area contributed by atoms with Gasteiger partial charge in [-0.25, -0.2) is 19.0 Å². The summed E-state index contributed by atoms with van der Waals surface area (Å²) < 4.78 is 4.50. The highest BCUT2D eigenvalue weighted by Gasteiger charge is 2.21. The maximum absolute atomic E-state index is 13.2. The predicted octanol–water partition coefficient (Wildman–Crippen LogP) is 2.58. The zero-order valence-electron chi connectivity index (χ0n) is 22.3. The Morgan fingerprint density at radius 2 is 1.74 bits per heavy atom. The van der Waals surface area contributed by atoms with Crippen LogP contribution in [0.3, 0.4) is 0 Å². The monoisotopic (exact) mass is 515 g/mol. The third kappa shape index (κ3) is 4.84. The summed E-state index contributed by atoms with van der Waals surface area (Å²) in [7, 11) is 2.14. The van der Waals surface area contributed by atoms with E-state index in [0.29, 0.717) is 22.8 Å². The van der Waals surface area contributed by atoms with Crippen molar-refractivity contribution in [1.29, 1.82) is 0 Å². The van der Waals surface area contributed by atoms with Crippen LogP contribution in [0, 0.1) is 0 Å². The number of benzene rings is 1. The smallest absolute Gasteiger partial charge is 0.278 e. The number of nitrogens with one attached hydrogen (secondary N) is 1. The van der Waals surface area contributed by atoms with Crippen LogP contribution in [0.2, 0.25) is 0 Å². The van der Waals surface area contributed by atoms with Gasteiger partial charge in [0.05, 0.1) is 12.1 Å². The molecule has 0 radical (unpaired) electrons. The highest BCUT2D eigenvalue weighted by Crippen LogP contribution is 2.22. The van der Waals surface area contributed by atoms with E-state index in [1.54, 1.807) is 16.8 Å². The van der Waals surface area contributed by atoms with Gasteiger partial charge in [-0.3, -0.25) is 9.59 Å². The Balaban J connectivity index is 1.52. The van der Waals surface area contributed by atoms with Gasteiger partial charge in [0.2, 0.25) is 5.95 Å². The second-order valence-corrected chi connectivity index (χ2v) is 10.5. The van der Waals surface area contributed by atoms with Gasteiger partial charge in [0.15, 0.2) is 11.5 Å². The molecule has 1 saturated heterocycles. The fourth-order valence-electron chi connectivity index (χ4n) is 4.55. The molecule has 1 aliphatic heterocycles. The van der Waals surface area contributed by atoms with Crippen molar-refractivity contribution in [2.24, 2.45) is 0 Å². The Hall–Kier alpha value is -4.25. The lowest BCUT2D eigenvalue weighted by molar-refractivity contribution is 0.313. The molecule has 1 N–H and O–H groups in total. The summed E-state index contributed by atoms with van der Waals surface area (Å²) in [6.07, 6.45) is 3.15. The first-order chi connectivity index (χ1) is 18.2. The number of piperazine rings is 1. The minimum Gasteiger partial charge on any atom is -0.369 e. The summed E-state index contributed by atoms with van der Waals surface area (Å²) in [6, 6.07) is 11.2. The van der Waals surface area contributed by atoms with Crippen LogP contribution in [0.15, 0.2) is 64.8 Å². The molecule has 3 aromatic heterocycles. The molecule has 0 unspecified atom stereocenters. The van der Waals surface area contributed by atoms with Crippen molar-refractivity contribution in [3.63, 3.8) is 0 Å². The molecular weight excluding hydrogens is 482 g/mol. The Morgan fingerprint density at radius 3 is 2.39 bits per heavy atom. The molecule has 1 aromatic carbocycles. The van der Waals surface area contributed by atoms with Crippen LogP contribution in [0.1, 0.15) is 20.8 Å². The van der Waals surface area contributed by atoms with Crippen molar-refractivity contribution in [1.82, 2.24) is 34.0 Å². The van der Waals surface area contributed by atoms with Crippen LogP contribution in [-0.2, 0) is 12.1 Å². The number of allylic oxidation sites excluding steroid dienone is 1. The largest absolute Gasteiger partial charge is 0.369 e. The van der Waals surface area contributed by atoms with Gasteiger partial charge in [0, 0.05) is 49.8 Å². The first-order valence-corrected chi connectivity index (χ1v) is 12.7. The highest BCUT2D eigenvalue weighted by atomic mass is 16.1. The molecule has 1 fully saturated rings. The topological polar surface area (TPSA) is 106 Å². The van der Waals surface area contributed by atoms with E-state index >= 15 is 0 Å². The lowest BCUT2D eigenvalue weighted by Gasteiger charge is -2.34. The molecule has 1 aliphatic rings. The number of hydrogen-bond acceptors (Lipinski definition) is 8. The van der Waals surface area contributed by atoms with E-state index in [0.717, 1.165) is 31.9 Å². The normalized spacial score (nSPS) is 14.7. The first kappa shape index (κ1) is 25.4. The number of rotatable bonds is 6. The van der Waals surface area contributed by atoms with Gasteiger partial charge in [0.1, 0.15) is 5.39 Å². The summed E-state index contributed by atoms with van der Waals surface area (Å²) in [5.74, 6) is 0.744. The molecule has 11 nitrogen and oxygen atoms in total. The summed E-state index contributed by atoms with van der Waals surface area (Å²) in [5.41, 5.74) is 1.36. The number of fused-ring (bicyclic) bond motifs is 1. The molecule has 198 valence electrons. The van der Waals surface area contributed by atoms with Gasteiger partial charge >= 0.3 is 0 Å². The minimum absolute atomic E-state index is 0.229. The van der Waals surface area contributed by atoms with Crippen molar-refractivity contribution in [2.75, 3.05) is 43.4 Å². The minimum atomic E-state index is -0.544. The Labute approximate surface area is 220 Å². The number of likely N-dealkylation sites (N-methyl/N-ethyl adjacent to an activating group) is 1. The summed E-state index contributed by atoms with van der Waals surface area (Å²) >= 11 is 0. The second-order valence-electron chi connectivity index (χ2n) is 10.5. The van der Waals surface area contributed by atoms with Crippen LogP contribution < -0.4 is 21.3 Å². The molecule has 0 bridgehead atoms. The van der Waals surface area contributed by atoms with Gasteiger partial charge in [-0.2, -0.15) is 4.98 Å². The lowest BCUT2D eigenvalue weighted by Crippen LogP contribution is -2.44. The zero-order valence-corrected chi connectivity index (χ0v) is 22.3. The molecule has 0 saturated carbocycles.